The lowest BCUT2D eigenvalue weighted by molar-refractivity contribution is -0.117. The minimum Gasteiger partial charge on any atom is -0.392 e. The second kappa shape index (κ2) is 4.25. The number of aliphatic hydroxyl groups is 1. The maximum Gasteiger partial charge on any atom is 0.224 e. The molecular weight excluding hydrogens is 226 g/mol. The summed E-state index contributed by atoms with van der Waals surface area (Å²) in [5, 5.41) is 9.51. The normalized spacial score (nSPS) is 17.2. The second-order valence-corrected chi connectivity index (χ2v) is 5.36. The Bertz CT molecular complexity index is 529. The first-order valence-electron chi connectivity index (χ1n) is 6.11. The van der Waals surface area contributed by atoms with Crippen molar-refractivity contribution in [1.82, 2.24) is 0 Å². The summed E-state index contributed by atoms with van der Waals surface area (Å²) in [5.74, 6) is 0.0124. The summed E-state index contributed by atoms with van der Waals surface area (Å²) in [7, 11) is 0. The Morgan fingerprint density at radius 3 is 2.61 bits per heavy atom. The molecule has 1 aliphatic rings. The van der Waals surface area contributed by atoms with E-state index in [-0.39, 0.29) is 12.5 Å². The van der Waals surface area contributed by atoms with Crippen LogP contribution in [0.25, 0.3) is 5.57 Å². The number of carbonyl (C=O) groups is 1. The number of fused-ring (bicyclic) bond motifs is 1. The lowest BCUT2D eigenvalue weighted by atomic mass is 9.87. The van der Waals surface area contributed by atoms with Crippen molar-refractivity contribution in [2.24, 2.45) is 0 Å². The molecule has 2 rings (SSSR count). The number of rotatable bonds is 1. The molecule has 1 N–H and O–H groups in total. The molecule has 3 nitrogen and oxygen atoms in total. The van der Waals surface area contributed by atoms with Crippen molar-refractivity contribution < 1.29 is 9.90 Å². The van der Waals surface area contributed by atoms with Gasteiger partial charge in [0, 0.05) is 12.5 Å². The van der Waals surface area contributed by atoms with Gasteiger partial charge in [0.2, 0.25) is 5.91 Å². The fourth-order valence-corrected chi connectivity index (χ4v) is 2.69. The second-order valence-electron chi connectivity index (χ2n) is 5.36. The molecule has 0 spiro atoms. The van der Waals surface area contributed by atoms with Crippen molar-refractivity contribution in [2.75, 3.05) is 11.5 Å². The molecule has 1 aromatic carbocycles. The van der Waals surface area contributed by atoms with Crippen LogP contribution in [0, 0.1) is 6.92 Å². The first-order chi connectivity index (χ1) is 8.36. The first kappa shape index (κ1) is 12.8. The number of amides is 1. The van der Waals surface area contributed by atoms with Gasteiger partial charge in [-0.15, -0.1) is 0 Å². The fourth-order valence-electron chi connectivity index (χ4n) is 2.69. The molecule has 0 aliphatic carbocycles. The fraction of sp³-hybridized carbons (Fsp3) is 0.400. The van der Waals surface area contributed by atoms with Crippen LogP contribution < -0.4 is 4.90 Å². The van der Waals surface area contributed by atoms with Gasteiger partial charge in [0.1, 0.15) is 0 Å². The van der Waals surface area contributed by atoms with Crippen molar-refractivity contribution in [3.63, 3.8) is 0 Å². The molecule has 3 heteroatoms. The molecular formula is C15H19NO2. The van der Waals surface area contributed by atoms with E-state index in [0.717, 1.165) is 22.4 Å². The van der Waals surface area contributed by atoms with E-state index >= 15 is 0 Å². The molecule has 1 aliphatic heterocycles. The molecule has 0 radical (unpaired) electrons. The summed E-state index contributed by atoms with van der Waals surface area (Å²) in [4.78, 5) is 13.7. The highest BCUT2D eigenvalue weighted by atomic mass is 16.3. The van der Waals surface area contributed by atoms with Crippen LogP contribution in [0.5, 0.6) is 0 Å². The zero-order valence-electron chi connectivity index (χ0n) is 11.3. The van der Waals surface area contributed by atoms with Crippen LogP contribution in [0.4, 0.5) is 5.69 Å². The van der Waals surface area contributed by atoms with E-state index in [1.807, 2.05) is 45.0 Å². The number of anilines is 1. The molecule has 0 aromatic heterocycles. The Kier molecular flexibility index (Phi) is 3.03. The van der Waals surface area contributed by atoms with Gasteiger partial charge in [-0.2, -0.15) is 0 Å². The van der Waals surface area contributed by atoms with Crippen LogP contribution in [0.2, 0.25) is 0 Å². The summed E-state index contributed by atoms with van der Waals surface area (Å²) in [6.45, 7) is 7.53. The van der Waals surface area contributed by atoms with Crippen LogP contribution in [-0.2, 0) is 4.79 Å². The zero-order chi connectivity index (χ0) is 13.5. The zero-order valence-corrected chi connectivity index (χ0v) is 11.3. The Hall–Kier alpha value is -1.61. The number of hydrogen-bond donors (Lipinski definition) is 1. The first-order valence-corrected chi connectivity index (χ1v) is 6.11. The average molecular weight is 245 g/mol. The maximum absolute atomic E-state index is 11.9. The third-order valence-corrected chi connectivity index (χ3v) is 3.33. The van der Waals surface area contributed by atoms with Gasteiger partial charge in [-0.05, 0) is 38.5 Å². The third kappa shape index (κ3) is 1.95. The van der Waals surface area contributed by atoms with E-state index in [9.17, 15) is 9.90 Å². The molecule has 0 fully saturated rings. The Morgan fingerprint density at radius 1 is 1.39 bits per heavy atom. The highest BCUT2D eigenvalue weighted by molar-refractivity contribution is 5.99. The molecule has 0 unspecified atom stereocenters. The average Bonchev–Trinajstić information content (AvgIpc) is 2.27. The van der Waals surface area contributed by atoms with Gasteiger partial charge < -0.3 is 10.0 Å². The lowest BCUT2D eigenvalue weighted by Gasteiger charge is -2.41. The molecule has 96 valence electrons. The smallest absolute Gasteiger partial charge is 0.224 e. The minimum atomic E-state index is -0.411. The van der Waals surface area contributed by atoms with Gasteiger partial charge in [-0.25, -0.2) is 0 Å². The van der Waals surface area contributed by atoms with Crippen LogP contribution in [0.3, 0.4) is 0 Å². The van der Waals surface area contributed by atoms with E-state index in [0.29, 0.717) is 0 Å². The molecule has 0 saturated heterocycles. The van der Waals surface area contributed by atoms with E-state index in [1.54, 1.807) is 11.8 Å². The highest BCUT2D eigenvalue weighted by Gasteiger charge is 2.34. The summed E-state index contributed by atoms with van der Waals surface area (Å²) in [6, 6.07) is 5.96. The number of benzene rings is 1. The van der Waals surface area contributed by atoms with Gasteiger partial charge in [-0.3, -0.25) is 4.79 Å². The van der Waals surface area contributed by atoms with E-state index in [1.165, 1.54) is 0 Å². The molecule has 1 amide bonds. The van der Waals surface area contributed by atoms with Gasteiger partial charge in [0.15, 0.2) is 0 Å². The van der Waals surface area contributed by atoms with Crippen molar-refractivity contribution in [3.05, 3.63) is 35.4 Å². The van der Waals surface area contributed by atoms with E-state index < -0.39 is 5.54 Å². The largest absolute Gasteiger partial charge is 0.392 e. The number of hydrogen-bond acceptors (Lipinski definition) is 2. The van der Waals surface area contributed by atoms with Gasteiger partial charge in [0.05, 0.1) is 17.8 Å². The van der Waals surface area contributed by atoms with E-state index in [2.05, 4.69) is 0 Å². The summed E-state index contributed by atoms with van der Waals surface area (Å²) in [6.07, 6.45) is 1.97. The Balaban J connectivity index is 2.69. The molecule has 18 heavy (non-hydrogen) atoms. The molecule has 0 saturated carbocycles. The molecule has 0 bridgehead atoms. The summed E-state index contributed by atoms with van der Waals surface area (Å²) in [5.41, 5.74) is 3.43. The number of nitrogens with zero attached hydrogens (tertiary/aromatic N) is 1. The number of aryl methyl sites for hydroxylation is 1. The van der Waals surface area contributed by atoms with Crippen LogP contribution in [0.1, 0.15) is 31.9 Å². The van der Waals surface area contributed by atoms with Crippen LogP contribution in [0.15, 0.2) is 24.3 Å². The van der Waals surface area contributed by atoms with Gasteiger partial charge in [-0.1, -0.05) is 17.7 Å². The Morgan fingerprint density at radius 2 is 2.06 bits per heavy atom. The van der Waals surface area contributed by atoms with Crippen molar-refractivity contribution in [3.8, 4) is 0 Å². The highest BCUT2D eigenvalue weighted by Crippen LogP contribution is 2.39. The predicted octanol–water partition coefficient (Wildman–Crippen LogP) is 2.52. The summed E-state index contributed by atoms with van der Waals surface area (Å²) < 4.78 is 0. The van der Waals surface area contributed by atoms with Gasteiger partial charge >= 0.3 is 0 Å². The number of carbonyl (C=O) groups excluding carboxylic acids is 1. The van der Waals surface area contributed by atoms with Crippen LogP contribution in [-0.4, -0.2) is 23.2 Å². The SMILES string of the molecule is CC(=O)N1c2ccc(C)cc2C(CO)=CC1(C)C. The van der Waals surface area contributed by atoms with Crippen molar-refractivity contribution in [2.45, 2.75) is 33.2 Å². The third-order valence-electron chi connectivity index (χ3n) is 3.33. The number of aliphatic hydroxyl groups excluding tert-OH is 1. The topological polar surface area (TPSA) is 40.5 Å². The minimum absolute atomic E-state index is 0.00831. The molecule has 1 heterocycles. The van der Waals surface area contributed by atoms with Crippen molar-refractivity contribution in [1.29, 1.82) is 0 Å². The quantitative estimate of drug-likeness (QED) is 0.826. The predicted molar refractivity (Wildman–Crippen MR) is 73.5 cm³/mol. The monoisotopic (exact) mass is 245 g/mol. The lowest BCUT2D eigenvalue weighted by Crippen LogP contribution is -2.48. The molecule has 0 atom stereocenters. The van der Waals surface area contributed by atoms with E-state index in [4.69, 9.17) is 0 Å². The standard InChI is InChI=1S/C15H19NO2/c1-10-5-6-14-13(7-10)12(9-17)8-15(3,4)16(14)11(2)18/h5-8,17H,9H2,1-4H3. The summed E-state index contributed by atoms with van der Waals surface area (Å²) >= 11 is 0. The Labute approximate surface area is 108 Å². The van der Waals surface area contributed by atoms with Gasteiger partial charge in [0.25, 0.3) is 0 Å². The maximum atomic E-state index is 11.9. The van der Waals surface area contributed by atoms with Crippen LogP contribution >= 0.6 is 0 Å². The van der Waals surface area contributed by atoms with Crippen molar-refractivity contribution >= 4 is 17.2 Å². The molecule has 1 aromatic rings.